The Morgan fingerprint density at radius 3 is 2.46 bits per heavy atom. The second kappa shape index (κ2) is 3.83. The van der Waals surface area contributed by atoms with E-state index in [1.165, 1.54) is 6.92 Å². The highest BCUT2D eigenvalue weighted by atomic mass is 32.2. The van der Waals surface area contributed by atoms with E-state index in [2.05, 4.69) is 0 Å². The second-order valence-corrected chi connectivity index (χ2v) is 4.36. The Labute approximate surface area is 80.4 Å². The molecule has 2 nitrogen and oxygen atoms in total. The lowest BCUT2D eigenvalue weighted by Gasteiger charge is -2.04. The highest BCUT2D eigenvalue weighted by Gasteiger charge is 2.09. The number of carbonyl (C=O) groups is 1. The van der Waals surface area contributed by atoms with Gasteiger partial charge in [-0.1, -0.05) is 11.6 Å². The van der Waals surface area contributed by atoms with Gasteiger partial charge in [-0.05, 0) is 26.0 Å². The minimum atomic E-state index is -1.09. The minimum absolute atomic E-state index is 0.0334. The highest BCUT2D eigenvalue weighted by molar-refractivity contribution is 7.84. The van der Waals surface area contributed by atoms with Gasteiger partial charge in [-0.15, -0.1) is 0 Å². The standard InChI is InChI=1S/C10H12O2S/c1-7-4-5-10(13(3)12)9(6-7)8(2)11/h4-6H,1-3H3. The zero-order valence-corrected chi connectivity index (χ0v) is 8.77. The molecule has 0 heterocycles. The van der Waals surface area contributed by atoms with Crippen molar-refractivity contribution in [3.05, 3.63) is 29.3 Å². The van der Waals surface area contributed by atoms with Gasteiger partial charge in [0.1, 0.15) is 0 Å². The van der Waals surface area contributed by atoms with Gasteiger partial charge >= 0.3 is 0 Å². The molecule has 0 aliphatic rings. The lowest BCUT2D eigenvalue weighted by molar-refractivity contribution is 0.101. The highest BCUT2D eigenvalue weighted by Crippen LogP contribution is 2.15. The molecule has 3 heteroatoms. The summed E-state index contributed by atoms with van der Waals surface area (Å²) >= 11 is 0. The monoisotopic (exact) mass is 196 g/mol. The number of hydrogen-bond acceptors (Lipinski definition) is 2. The van der Waals surface area contributed by atoms with E-state index in [1.807, 2.05) is 13.0 Å². The molecule has 0 aromatic heterocycles. The first-order valence-corrected chi connectivity index (χ1v) is 5.53. The molecule has 0 aliphatic carbocycles. The number of carbonyl (C=O) groups excluding carboxylic acids is 1. The summed E-state index contributed by atoms with van der Waals surface area (Å²) < 4.78 is 11.2. The van der Waals surface area contributed by atoms with E-state index in [1.54, 1.807) is 18.4 Å². The number of Topliss-reactive ketones (excluding diaryl/α,β-unsaturated/α-hetero) is 1. The van der Waals surface area contributed by atoms with Gasteiger partial charge in [0.15, 0.2) is 5.78 Å². The molecule has 70 valence electrons. The number of ketones is 1. The minimum Gasteiger partial charge on any atom is -0.294 e. The molecule has 1 rings (SSSR count). The van der Waals surface area contributed by atoms with Crippen molar-refractivity contribution in [1.29, 1.82) is 0 Å². The number of hydrogen-bond donors (Lipinski definition) is 0. The van der Waals surface area contributed by atoms with Gasteiger partial charge in [0.25, 0.3) is 0 Å². The van der Waals surface area contributed by atoms with Crippen LogP contribution in [0.1, 0.15) is 22.8 Å². The molecule has 1 unspecified atom stereocenters. The van der Waals surface area contributed by atoms with Crippen LogP contribution in [0.5, 0.6) is 0 Å². The van der Waals surface area contributed by atoms with Crippen LogP contribution in [0, 0.1) is 6.92 Å². The van der Waals surface area contributed by atoms with E-state index in [4.69, 9.17) is 0 Å². The Hall–Kier alpha value is -0.960. The van der Waals surface area contributed by atoms with Crippen molar-refractivity contribution in [1.82, 2.24) is 0 Å². The molecule has 0 amide bonds. The molecular weight excluding hydrogens is 184 g/mol. The third-order valence-corrected chi connectivity index (χ3v) is 2.80. The fourth-order valence-corrected chi connectivity index (χ4v) is 1.94. The maximum atomic E-state index is 11.2. The lowest BCUT2D eigenvalue weighted by Crippen LogP contribution is -2.01. The molecule has 0 saturated carbocycles. The molecule has 0 radical (unpaired) electrons. The molecule has 0 spiro atoms. The molecule has 13 heavy (non-hydrogen) atoms. The van der Waals surface area contributed by atoms with Crippen molar-refractivity contribution in [2.24, 2.45) is 0 Å². The first-order valence-electron chi connectivity index (χ1n) is 3.97. The fraction of sp³-hybridized carbons (Fsp3) is 0.300. The molecule has 0 bridgehead atoms. The summed E-state index contributed by atoms with van der Waals surface area (Å²) in [7, 11) is -1.09. The summed E-state index contributed by atoms with van der Waals surface area (Å²) in [6.07, 6.45) is 1.58. The van der Waals surface area contributed by atoms with Gasteiger partial charge in [-0.2, -0.15) is 0 Å². The summed E-state index contributed by atoms with van der Waals surface area (Å²) in [4.78, 5) is 11.8. The normalized spacial score (nSPS) is 12.5. The quantitative estimate of drug-likeness (QED) is 0.677. The summed E-state index contributed by atoms with van der Waals surface area (Å²) in [6, 6.07) is 5.39. The smallest absolute Gasteiger partial charge is 0.161 e. The van der Waals surface area contributed by atoms with Crippen LogP contribution in [-0.4, -0.2) is 16.2 Å². The van der Waals surface area contributed by atoms with Crippen molar-refractivity contribution in [3.8, 4) is 0 Å². The van der Waals surface area contributed by atoms with E-state index in [9.17, 15) is 9.00 Å². The Balaban J connectivity index is 3.35. The van der Waals surface area contributed by atoms with Crippen LogP contribution < -0.4 is 0 Å². The van der Waals surface area contributed by atoms with Gasteiger partial charge in [-0.3, -0.25) is 9.00 Å². The van der Waals surface area contributed by atoms with Crippen molar-refractivity contribution in [3.63, 3.8) is 0 Å². The maximum Gasteiger partial charge on any atom is 0.161 e. The summed E-state index contributed by atoms with van der Waals surface area (Å²) in [6.45, 7) is 3.40. The van der Waals surface area contributed by atoms with E-state index < -0.39 is 10.8 Å². The summed E-state index contributed by atoms with van der Waals surface area (Å²) in [5, 5.41) is 0. The van der Waals surface area contributed by atoms with E-state index in [0.29, 0.717) is 10.5 Å². The van der Waals surface area contributed by atoms with Crippen LogP contribution in [-0.2, 0) is 10.8 Å². The largest absolute Gasteiger partial charge is 0.294 e. The van der Waals surface area contributed by atoms with Crippen molar-refractivity contribution in [2.75, 3.05) is 6.26 Å². The van der Waals surface area contributed by atoms with Crippen LogP contribution in [0.25, 0.3) is 0 Å². The van der Waals surface area contributed by atoms with E-state index in [-0.39, 0.29) is 5.78 Å². The Morgan fingerprint density at radius 1 is 1.38 bits per heavy atom. The predicted octanol–water partition coefficient (Wildman–Crippen LogP) is 1.94. The number of aryl methyl sites for hydroxylation is 1. The van der Waals surface area contributed by atoms with E-state index >= 15 is 0 Å². The average Bonchev–Trinajstić information content (AvgIpc) is 2.03. The van der Waals surface area contributed by atoms with Crippen LogP contribution in [0.3, 0.4) is 0 Å². The van der Waals surface area contributed by atoms with Gasteiger partial charge in [-0.25, -0.2) is 0 Å². The first kappa shape index (κ1) is 10.1. The van der Waals surface area contributed by atoms with E-state index in [0.717, 1.165) is 5.56 Å². The molecule has 1 aromatic carbocycles. The predicted molar refractivity (Wildman–Crippen MR) is 53.5 cm³/mol. The zero-order valence-electron chi connectivity index (χ0n) is 7.96. The average molecular weight is 196 g/mol. The van der Waals surface area contributed by atoms with Crippen molar-refractivity contribution in [2.45, 2.75) is 18.7 Å². The zero-order chi connectivity index (χ0) is 10.0. The number of benzene rings is 1. The van der Waals surface area contributed by atoms with Gasteiger partial charge < -0.3 is 0 Å². The van der Waals surface area contributed by atoms with Crippen molar-refractivity contribution >= 4 is 16.6 Å². The molecule has 1 aromatic rings. The molecule has 1 atom stereocenters. The SMILES string of the molecule is CC(=O)c1cc(C)ccc1S(C)=O. The Morgan fingerprint density at radius 2 is 2.00 bits per heavy atom. The van der Waals surface area contributed by atoms with Crippen LogP contribution in [0.15, 0.2) is 23.1 Å². The third-order valence-electron chi connectivity index (χ3n) is 1.82. The Bertz CT molecular complexity index is 369. The number of rotatable bonds is 2. The maximum absolute atomic E-state index is 11.2. The molecular formula is C10H12O2S. The Kier molecular flexibility index (Phi) is 2.98. The van der Waals surface area contributed by atoms with Gasteiger partial charge in [0.2, 0.25) is 0 Å². The topological polar surface area (TPSA) is 34.1 Å². The second-order valence-electron chi connectivity index (χ2n) is 3.01. The lowest BCUT2D eigenvalue weighted by atomic mass is 10.1. The third kappa shape index (κ3) is 2.25. The first-order chi connectivity index (χ1) is 6.02. The molecule has 0 saturated heterocycles. The van der Waals surface area contributed by atoms with Crippen LogP contribution in [0.2, 0.25) is 0 Å². The summed E-state index contributed by atoms with van der Waals surface area (Å²) in [5.41, 5.74) is 1.58. The molecule has 0 fully saturated rings. The van der Waals surface area contributed by atoms with Crippen LogP contribution in [0.4, 0.5) is 0 Å². The van der Waals surface area contributed by atoms with Gasteiger partial charge in [0, 0.05) is 16.7 Å². The molecule has 0 aliphatic heterocycles. The fourth-order valence-electron chi connectivity index (χ4n) is 1.17. The summed E-state index contributed by atoms with van der Waals surface area (Å²) in [5.74, 6) is -0.0334. The van der Waals surface area contributed by atoms with Crippen molar-refractivity contribution < 1.29 is 9.00 Å². The van der Waals surface area contributed by atoms with Crippen LogP contribution >= 0.6 is 0 Å². The molecule has 0 N–H and O–H groups in total. The van der Waals surface area contributed by atoms with Gasteiger partial charge in [0.05, 0.1) is 10.8 Å².